The predicted molar refractivity (Wildman–Crippen MR) is 139 cm³/mol. The molecule has 0 bridgehead atoms. The smallest absolute Gasteiger partial charge is 0.306 e. The third kappa shape index (κ3) is 7.43. The molecule has 1 saturated carbocycles. The first-order valence-corrected chi connectivity index (χ1v) is 13.2. The molecule has 0 saturated heterocycles. The van der Waals surface area contributed by atoms with Crippen LogP contribution in [0.3, 0.4) is 0 Å². The molecule has 3 aromatic rings. The van der Waals surface area contributed by atoms with Crippen molar-refractivity contribution in [2.75, 3.05) is 5.32 Å². The van der Waals surface area contributed by atoms with Gasteiger partial charge in [-0.3, -0.25) is 14.9 Å². The Morgan fingerprint density at radius 2 is 1.67 bits per heavy atom. The third-order valence-corrected chi connectivity index (χ3v) is 7.16. The maximum Gasteiger partial charge on any atom is 0.306 e. The average molecular weight is 510 g/mol. The second kappa shape index (κ2) is 11.3. The molecule has 1 aromatic heterocycles. The maximum absolute atomic E-state index is 13.1. The lowest BCUT2D eigenvalue weighted by Crippen LogP contribution is -2.26. The molecule has 1 N–H and O–H groups in total. The molecule has 4 rings (SSSR count). The number of carbonyl (C=O) groups is 2. The summed E-state index contributed by atoms with van der Waals surface area (Å²) in [5.74, 6) is 0.197. The van der Waals surface area contributed by atoms with Gasteiger partial charge in [0.25, 0.3) is 5.91 Å². The molecule has 8 heteroatoms. The topological polar surface area (TPSA) is 81.2 Å². The molecule has 0 spiro atoms. The van der Waals surface area contributed by atoms with Crippen LogP contribution in [0.25, 0.3) is 0 Å². The molecule has 6 nitrogen and oxygen atoms in total. The van der Waals surface area contributed by atoms with Crippen LogP contribution < -0.4 is 5.32 Å². The normalized spacial score (nSPS) is 18.0. The minimum atomic E-state index is -0.440. The van der Waals surface area contributed by atoms with Crippen LogP contribution in [-0.2, 0) is 16.0 Å². The molecule has 36 heavy (non-hydrogen) atoms. The van der Waals surface area contributed by atoms with Crippen molar-refractivity contribution in [3.05, 3.63) is 76.0 Å². The Morgan fingerprint density at radius 3 is 2.31 bits per heavy atom. The van der Waals surface area contributed by atoms with Crippen LogP contribution >= 0.6 is 11.3 Å². The summed E-state index contributed by atoms with van der Waals surface area (Å²) in [5, 5.41) is 12.2. The Kier molecular flexibility index (Phi) is 8.14. The fraction of sp³-hybridized carbons (Fsp3) is 0.429. The van der Waals surface area contributed by atoms with Gasteiger partial charge in [0.15, 0.2) is 0 Å². The highest BCUT2D eigenvalue weighted by Gasteiger charge is 2.26. The number of benzene rings is 2. The molecule has 0 atom stereocenters. The van der Waals surface area contributed by atoms with E-state index < -0.39 is 5.60 Å². The minimum absolute atomic E-state index is 0.112. The molecular weight excluding hydrogens is 477 g/mol. The summed E-state index contributed by atoms with van der Waals surface area (Å²) < 4.78 is 18.5. The summed E-state index contributed by atoms with van der Waals surface area (Å²) in [6.45, 7) is 5.69. The lowest BCUT2D eigenvalue weighted by Gasteiger charge is -2.29. The van der Waals surface area contributed by atoms with E-state index in [1.54, 1.807) is 12.1 Å². The van der Waals surface area contributed by atoms with Gasteiger partial charge >= 0.3 is 5.97 Å². The van der Waals surface area contributed by atoms with Crippen molar-refractivity contribution in [2.45, 2.75) is 70.8 Å². The first-order valence-electron chi connectivity index (χ1n) is 12.3. The van der Waals surface area contributed by atoms with E-state index in [0.29, 0.717) is 35.4 Å². The Hall–Kier alpha value is -3.13. The van der Waals surface area contributed by atoms with Gasteiger partial charge in [0.2, 0.25) is 5.13 Å². The molecule has 2 aromatic carbocycles. The lowest BCUT2D eigenvalue weighted by atomic mass is 9.77. The summed E-state index contributed by atoms with van der Waals surface area (Å²) in [7, 11) is 0. The summed E-state index contributed by atoms with van der Waals surface area (Å²) >= 11 is 1.31. The van der Waals surface area contributed by atoms with Crippen LogP contribution in [0.2, 0.25) is 0 Å². The van der Waals surface area contributed by atoms with Gasteiger partial charge in [0.05, 0.1) is 0 Å². The highest BCUT2D eigenvalue weighted by Crippen LogP contribution is 2.37. The largest absolute Gasteiger partial charge is 0.460 e. The van der Waals surface area contributed by atoms with Gasteiger partial charge in [-0.1, -0.05) is 35.6 Å². The van der Waals surface area contributed by atoms with Crippen molar-refractivity contribution in [3.8, 4) is 0 Å². The van der Waals surface area contributed by atoms with Gasteiger partial charge in [0.1, 0.15) is 16.4 Å². The van der Waals surface area contributed by atoms with E-state index in [2.05, 4.69) is 15.5 Å². The van der Waals surface area contributed by atoms with E-state index in [4.69, 9.17) is 4.74 Å². The number of nitrogens with one attached hydrogen (secondary N) is 1. The number of esters is 1. The highest BCUT2D eigenvalue weighted by molar-refractivity contribution is 7.15. The Morgan fingerprint density at radius 1 is 1.00 bits per heavy atom. The second-order valence-electron chi connectivity index (χ2n) is 10.4. The van der Waals surface area contributed by atoms with Gasteiger partial charge in [-0.15, -0.1) is 10.2 Å². The van der Waals surface area contributed by atoms with Crippen LogP contribution in [0.15, 0.2) is 48.5 Å². The zero-order valence-corrected chi connectivity index (χ0v) is 21.7. The Balaban J connectivity index is 1.26. The molecule has 1 fully saturated rings. The summed E-state index contributed by atoms with van der Waals surface area (Å²) in [4.78, 5) is 24.8. The van der Waals surface area contributed by atoms with Crippen molar-refractivity contribution in [3.63, 3.8) is 0 Å². The fourth-order valence-corrected chi connectivity index (χ4v) is 5.32. The monoisotopic (exact) mass is 509 g/mol. The van der Waals surface area contributed by atoms with Crippen LogP contribution in [0.4, 0.5) is 9.52 Å². The van der Waals surface area contributed by atoms with E-state index >= 15 is 0 Å². The van der Waals surface area contributed by atoms with Crippen molar-refractivity contribution < 1.29 is 18.7 Å². The van der Waals surface area contributed by atoms with Crippen LogP contribution in [-0.4, -0.2) is 27.7 Å². The van der Waals surface area contributed by atoms with E-state index in [1.807, 2.05) is 45.0 Å². The number of anilines is 1. The van der Waals surface area contributed by atoms with E-state index in [1.165, 1.54) is 29.0 Å². The number of aromatic nitrogens is 2. The minimum Gasteiger partial charge on any atom is -0.460 e. The van der Waals surface area contributed by atoms with Crippen molar-refractivity contribution >= 4 is 28.3 Å². The maximum atomic E-state index is 13.1. The van der Waals surface area contributed by atoms with E-state index in [-0.39, 0.29) is 17.7 Å². The van der Waals surface area contributed by atoms with Gasteiger partial charge in [-0.05, 0) is 93.7 Å². The predicted octanol–water partition coefficient (Wildman–Crippen LogP) is 6.53. The van der Waals surface area contributed by atoms with Gasteiger partial charge in [-0.2, -0.15) is 0 Å². The molecule has 1 aliphatic rings. The number of amides is 1. The van der Waals surface area contributed by atoms with E-state index in [0.717, 1.165) is 36.3 Å². The summed E-state index contributed by atoms with van der Waals surface area (Å²) in [6, 6.07) is 14.0. The average Bonchev–Trinajstić information content (AvgIpc) is 3.26. The summed E-state index contributed by atoms with van der Waals surface area (Å²) in [6.07, 6.45) is 5.08. The fourth-order valence-electron chi connectivity index (χ4n) is 4.55. The highest BCUT2D eigenvalue weighted by atomic mass is 32.1. The quantitative estimate of drug-likeness (QED) is 0.367. The lowest BCUT2D eigenvalue weighted by molar-refractivity contribution is -0.156. The van der Waals surface area contributed by atoms with Gasteiger partial charge in [0, 0.05) is 18.4 Å². The zero-order valence-electron chi connectivity index (χ0n) is 20.9. The van der Waals surface area contributed by atoms with E-state index in [9.17, 15) is 14.0 Å². The van der Waals surface area contributed by atoms with Crippen molar-refractivity contribution in [1.82, 2.24) is 10.2 Å². The number of carbonyl (C=O) groups excluding carboxylic acids is 2. The number of nitrogens with zero attached hydrogens (tertiary/aromatic N) is 2. The van der Waals surface area contributed by atoms with Gasteiger partial charge in [-0.25, -0.2) is 4.39 Å². The van der Waals surface area contributed by atoms with Crippen molar-refractivity contribution in [2.24, 2.45) is 5.92 Å². The zero-order chi connectivity index (χ0) is 25.7. The molecule has 1 heterocycles. The van der Waals surface area contributed by atoms with Crippen LogP contribution in [0, 0.1) is 11.7 Å². The Bertz CT molecular complexity index is 1180. The van der Waals surface area contributed by atoms with Crippen molar-refractivity contribution in [1.29, 1.82) is 0 Å². The molecule has 1 aliphatic carbocycles. The first kappa shape index (κ1) is 25.9. The Labute approximate surface area is 215 Å². The first-order chi connectivity index (χ1) is 17.1. The molecule has 1 amide bonds. The number of rotatable bonds is 7. The molecule has 0 aliphatic heterocycles. The molecule has 0 unspecified atom stereocenters. The summed E-state index contributed by atoms with van der Waals surface area (Å²) in [5.41, 5.74) is 2.28. The van der Waals surface area contributed by atoms with Crippen LogP contribution in [0.1, 0.15) is 85.3 Å². The molecular formula is C28H32FN3O3S. The standard InChI is InChI=1S/C28H32FN3O3S/c1-28(2,3)35-25(33)17-19-4-8-20(9-5-19)21-10-12-22(13-11-21)26(34)30-27-32-31-24(36-27)16-18-6-14-23(29)15-7-18/h6-7,10-15,19-20H,4-5,8-9,16-17H2,1-3H3,(H,30,32,34). The molecule has 0 radical (unpaired) electrons. The number of ether oxygens (including phenoxy) is 1. The molecule has 190 valence electrons. The third-order valence-electron chi connectivity index (χ3n) is 6.32. The number of halogens is 1. The number of hydrogen-bond donors (Lipinski definition) is 1. The second-order valence-corrected chi connectivity index (χ2v) is 11.5. The number of hydrogen-bond acceptors (Lipinski definition) is 6. The van der Waals surface area contributed by atoms with Gasteiger partial charge < -0.3 is 4.74 Å². The SMILES string of the molecule is CC(C)(C)OC(=O)CC1CCC(c2ccc(C(=O)Nc3nnc(Cc4ccc(F)cc4)s3)cc2)CC1. The van der Waals surface area contributed by atoms with Crippen LogP contribution in [0.5, 0.6) is 0 Å².